The number of amides is 1. The van der Waals surface area contributed by atoms with E-state index in [1.165, 1.54) is 11.1 Å². The van der Waals surface area contributed by atoms with Crippen LogP contribution in [0.3, 0.4) is 0 Å². The molecule has 1 aromatic rings. The Bertz CT molecular complexity index is 399. The third-order valence-corrected chi connectivity index (χ3v) is 3.82. The van der Waals surface area contributed by atoms with Crippen molar-refractivity contribution in [2.24, 2.45) is 5.92 Å². The molecule has 3 nitrogen and oxygen atoms in total. The summed E-state index contributed by atoms with van der Waals surface area (Å²) in [6, 6.07) is 8.35. The predicted molar refractivity (Wildman–Crippen MR) is 66.3 cm³/mol. The van der Waals surface area contributed by atoms with Crippen LogP contribution in [0.25, 0.3) is 0 Å². The minimum Gasteiger partial charge on any atom is -0.334 e. The fourth-order valence-corrected chi connectivity index (χ4v) is 2.77. The second kappa shape index (κ2) is 4.49. The molecule has 2 heterocycles. The number of hydrogen-bond acceptors (Lipinski definition) is 2. The molecular weight excluding hydrogens is 212 g/mol. The zero-order valence-electron chi connectivity index (χ0n) is 9.98. The van der Waals surface area contributed by atoms with Crippen molar-refractivity contribution in [3.8, 4) is 0 Å². The molecule has 1 saturated heterocycles. The maximum Gasteiger partial charge on any atom is 0.223 e. The summed E-state index contributed by atoms with van der Waals surface area (Å²) in [5, 5.41) is 3.31. The number of carbonyl (C=O) groups excluding carboxylic acids is 1. The smallest absolute Gasteiger partial charge is 0.223 e. The van der Waals surface area contributed by atoms with Crippen molar-refractivity contribution in [2.45, 2.75) is 25.9 Å². The van der Waals surface area contributed by atoms with Gasteiger partial charge in [-0.25, -0.2) is 0 Å². The molecule has 1 N–H and O–H groups in total. The molecule has 1 atom stereocenters. The summed E-state index contributed by atoms with van der Waals surface area (Å²) in [7, 11) is 0. The van der Waals surface area contributed by atoms with Crippen LogP contribution < -0.4 is 5.32 Å². The monoisotopic (exact) mass is 230 g/mol. The Labute approximate surface area is 102 Å². The number of rotatable bonds is 2. The van der Waals surface area contributed by atoms with E-state index in [4.69, 9.17) is 0 Å². The fraction of sp³-hybridized carbons (Fsp3) is 0.500. The first-order valence-electron chi connectivity index (χ1n) is 6.38. The number of benzene rings is 1. The zero-order chi connectivity index (χ0) is 11.7. The number of hydrogen-bond donors (Lipinski definition) is 1. The minimum atomic E-state index is 0.315. The molecule has 2 aliphatic heterocycles. The maximum atomic E-state index is 12.2. The van der Waals surface area contributed by atoms with Gasteiger partial charge in [-0.2, -0.15) is 0 Å². The summed E-state index contributed by atoms with van der Waals surface area (Å²) in [4.78, 5) is 14.2. The highest BCUT2D eigenvalue weighted by atomic mass is 16.2. The molecule has 1 fully saturated rings. The molecule has 1 amide bonds. The average Bonchev–Trinajstić information content (AvgIpc) is 2.96. The van der Waals surface area contributed by atoms with Crippen LogP contribution in [-0.4, -0.2) is 23.9 Å². The quantitative estimate of drug-likeness (QED) is 0.835. The highest BCUT2D eigenvalue weighted by molar-refractivity contribution is 5.77. The molecule has 1 aromatic carbocycles. The van der Waals surface area contributed by atoms with Crippen molar-refractivity contribution in [1.29, 1.82) is 0 Å². The van der Waals surface area contributed by atoms with E-state index >= 15 is 0 Å². The van der Waals surface area contributed by atoms with Gasteiger partial charge in [-0.15, -0.1) is 0 Å². The second-order valence-electron chi connectivity index (χ2n) is 5.08. The van der Waals surface area contributed by atoms with Crippen LogP contribution >= 0.6 is 0 Å². The van der Waals surface area contributed by atoms with Crippen LogP contribution in [0.1, 0.15) is 24.0 Å². The SMILES string of the molecule is O=C(CC1CCNC1)N1Cc2ccccc2C1. The van der Waals surface area contributed by atoms with E-state index in [9.17, 15) is 4.79 Å². The van der Waals surface area contributed by atoms with Gasteiger partial charge in [-0.3, -0.25) is 4.79 Å². The Balaban J connectivity index is 1.62. The lowest BCUT2D eigenvalue weighted by molar-refractivity contribution is -0.132. The summed E-state index contributed by atoms with van der Waals surface area (Å²) in [5.74, 6) is 0.862. The van der Waals surface area contributed by atoms with Crippen molar-refractivity contribution in [1.82, 2.24) is 10.2 Å². The molecule has 0 aromatic heterocycles. The normalized spacial score (nSPS) is 22.8. The lowest BCUT2D eigenvalue weighted by Crippen LogP contribution is -2.27. The Kier molecular flexibility index (Phi) is 2.85. The first-order chi connectivity index (χ1) is 8.33. The van der Waals surface area contributed by atoms with Crippen molar-refractivity contribution in [3.63, 3.8) is 0 Å². The molecule has 0 radical (unpaired) electrons. The molecule has 0 saturated carbocycles. The van der Waals surface area contributed by atoms with Crippen molar-refractivity contribution < 1.29 is 4.79 Å². The van der Waals surface area contributed by atoms with Crippen LogP contribution in [0.5, 0.6) is 0 Å². The number of carbonyl (C=O) groups is 1. The Morgan fingerprint density at radius 3 is 2.59 bits per heavy atom. The van der Waals surface area contributed by atoms with Gasteiger partial charge in [0, 0.05) is 19.5 Å². The van der Waals surface area contributed by atoms with Crippen LogP contribution in [-0.2, 0) is 17.9 Å². The Hall–Kier alpha value is -1.35. The molecule has 0 aliphatic carbocycles. The van der Waals surface area contributed by atoms with E-state index in [2.05, 4.69) is 17.4 Å². The van der Waals surface area contributed by atoms with Gasteiger partial charge >= 0.3 is 0 Å². The number of fused-ring (bicyclic) bond motifs is 1. The van der Waals surface area contributed by atoms with E-state index in [1.54, 1.807) is 0 Å². The second-order valence-corrected chi connectivity index (χ2v) is 5.08. The molecule has 17 heavy (non-hydrogen) atoms. The van der Waals surface area contributed by atoms with E-state index in [0.29, 0.717) is 18.2 Å². The van der Waals surface area contributed by atoms with E-state index in [1.807, 2.05) is 17.0 Å². The molecule has 1 unspecified atom stereocenters. The van der Waals surface area contributed by atoms with Crippen molar-refractivity contribution in [2.75, 3.05) is 13.1 Å². The highest BCUT2D eigenvalue weighted by Crippen LogP contribution is 2.24. The molecule has 0 bridgehead atoms. The largest absolute Gasteiger partial charge is 0.334 e. The van der Waals surface area contributed by atoms with Crippen LogP contribution in [0, 0.1) is 5.92 Å². The summed E-state index contributed by atoms with van der Waals surface area (Å²) >= 11 is 0. The topological polar surface area (TPSA) is 32.3 Å². The third-order valence-electron chi connectivity index (χ3n) is 3.82. The standard InChI is InChI=1S/C14H18N2O/c17-14(7-11-5-6-15-8-11)16-9-12-3-1-2-4-13(12)10-16/h1-4,11,15H,5-10H2. The minimum absolute atomic E-state index is 0.315. The number of nitrogens with zero attached hydrogens (tertiary/aromatic N) is 1. The van der Waals surface area contributed by atoms with E-state index < -0.39 is 0 Å². The van der Waals surface area contributed by atoms with Gasteiger partial charge in [0.1, 0.15) is 0 Å². The van der Waals surface area contributed by atoms with Crippen molar-refractivity contribution in [3.05, 3.63) is 35.4 Å². The lowest BCUT2D eigenvalue weighted by atomic mass is 10.0. The molecule has 0 spiro atoms. The van der Waals surface area contributed by atoms with E-state index in [-0.39, 0.29) is 0 Å². The summed E-state index contributed by atoms with van der Waals surface area (Å²) in [5.41, 5.74) is 2.62. The first kappa shape index (κ1) is 10.8. The van der Waals surface area contributed by atoms with Gasteiger partial charge < -0.3 is 10.2 Å². The first-order valence-corrected chi connectivity index (χ1v) is 6.38. The predicted octanol–water partition coefficient (Wildman–Crippen LogP) is 1.53. The molecule has 90 valence electrons. The van der Waals surface area contributed by atoms with Crippen LogP contribution in [0.4, 0.5) is 0 Å². The van der Waals surface area contributed by atoms with Crippen LogP contribution in [0.2, 0.25) is 0 Å². The summed E-state index contributed by atoms with van der Waals surface area (Å²) in [6.07, 6.45) is 1.85. The van der Waals surface area contributed by atoms with E-state index in [0.717, 1.165) is 32.6 Å². The number of nitrogens with one attached hydrogen (secondary N) is 1. The summed E-state index contributed by atoms with van der Waals surface area (Å²) in [6.45, 7) is 3.68. The van der Waals surface area contributed by atoms with Crippen molar-refractivity contribution >= 4 is 5.91 Å². The van der Waals surface area contributed by atoms with Gasteiger partial charge in [0.2, 0.25) is 5.91 Å². The molecule has 3 heteroatoms. The fourth-order valence-electron chi connectivity index (χ4n) is 2.77. The van der Waals surface area contributed by atoms with Gasteiger partial charge in [-0.1, -0.05) is 24.3 Å². The molecule has 2 aliphatic rings. The average molecular weight is 230 g/mol. The molecular formula is C14H18N2O. The highest BCUT2D eigenvalue weighted by Gasteiger charge is 2.26. The van der Waals surface area contributed by atoms with Gasteiger partial charge in [-0.05, 0) is 36.6 Å². The summed E-state index contributed by atoms with van der Waals surface area (Å²) < 4.78 is 0. The Morgan fingerprint density at radius 2 is 2.00 bits per heavy atom. The van der Waals surface area contributed by atoms with Crippen LogP contribution in [0.15, 0.2) is 24.3 Å². The lowest BCUT2D eigenvalue weighted by Gasteiger charge is -2.17. The van der Waals surface area contributed by atoms with Gasteiger partial charge in [0.15, 0.2) is 0 Å². The van der Waals surface area contributed by atoms with Gasteiger partial charge in [0.05, 0.1) is 0 Å². The molecule has 3 rings (SSSR count). The van der Waals surface area contributed by atoms with Gasteiger partial charge in [0.25, 0.3) is 0 Å². The Morgan fingerprint density at radius 1 is 1.29 bits per heavy atom. The third kappa shape index (κ3) is 2.20. The maximum absolute atomic E-state index is 12.2. The zero-order valence-corrected chi connectivity index (χ0v) is 9.98.